The molecule has 0 spiro atoms. The average molecular weight is 641 g/mol. The largest absolute Gasteiger partial charge is 0.493 e. The number of nitro groups is 1. The van der Waals surface area contributed by atoms with Gasteiger partial charge in [0.1, 0.15) is 5.75 Å². The molecule has 0 atom stereocenters. The lowest BCUT2D eigenvalue weighted by atomic mass is 10.1. The first-order chi connectivity index (χ1) is 22.6. The number of amides is 3. The Morgan fingerprint density at radius 1 is 0.702 bits per heavy atom. The number of rotatable bonds is 11. The van der Waals surface area contributed by atoms with Crippen LogP contribution in [-0.4, -0.2) is 49.9 Å². The number of hydrogen-bond acceptors (Lipinski definition) is 10. The van der Waals surface area contributed by atoms with E-state index in [1.165, 1.54) is 94.1 Å². The van der Waals surface area contributed by atoms with Crippen molar-refractivity contribution in [3.63, 3.8) is 0 Å². The fourth-order valence-electron chi connectivity index (χ4n) is 4.11. The molecule has 0 saturated carbocycles. The van der Waals surface area contributed by atoms with Gasteiger partial charge >= 0.3 is 5.97 Å². The number of anilines is 1. The summed E-state index contributed by atoms with van der Waals surface area (Å²) < 4.78 is 21.2. The molecule has 3 amide bonds. The molecule has 0 bridgehead atoms. The average Bonchev–Trinajstić information content (AvgIpc) is 3.09. The number of esters is 1. The third kappa shape index (κ3) is 8.48. The standard InChI is InChI=1S/C33H28N4O10/c1-44-27-18-23(19-28(45-2)30(27)46-3)31(39)34-24-13-8-21(9-14-24)32(40)36-35-29(38)17-12-20-6-4-5-7-26(20)47-33(41)22-10-15-25(16-11-22)37(42)43/h4-19H,1-3H3,(H,34,39)(H,35,38)(H,36,40)/b17-12+. The molecule has 3 N–H and O–H groups in total. The molecule has 0 saturated heterocycles. The van der Waals surface area contributed by atoms with Crippen LogP contribution in [-0.2, 0) is 4.79 Å². The van der Waals surface area contributed by atoms with E-state index in [4.69, 9.17) is 18.9 Å². The van der Waals surface area contributed by atoms with Crippen molar-refractivity contribution in [1.82, 2.24) is 10.9 Å². The summed E-state index contributed by atoms with van der Waals surface area (Å²) in [6.07, 6.45) is 2.51. The Kier molecular flexibility index (Phi) is 10.8. The minimum Gasteiger partial charge on any atom is -0.493 e. The van der Waals surface area contributed by atoms with Gasteiger partial charge in [-0.15, -0.1) is 0 Å². The predicted octanol–water partition coefficient (Wildman–Crippen LogP) is 4.57. The van der Waals surface area contributed by atoms with Crippen molar-refractivity contribution in [1.29, 1.82) is 0 Å². The molecule has 0 aliphatic rings. The molecular formula is C33H28N4O10. The van der Waals surface area contributed by atoms with Gasteiger partial charge < -0.3 is 24.3 Å². The van der Waals surface area contributed by atoms with Crippen LogP contribution in [0.1, 0.15) is 36.6 Å². The number of nitrogens with one attached hydrogen (secondary N) is 3. The van der Waals surface area contributed by atoms with Gasteiger partial charge in [0.2, 0.25) is 5.75 Å². The van der Waals surface area contributed by atoms with E-state index in [2.05, 4.69) is 16.2 Å². The number of ether oxygens (including phenoxy) is 4. The van der Waals surface area contributed by atoms with Gasteiger partial charge in [-0.2, -0.15) is 0 Å². The fourth-order valence-corrected chi connectivity index (χ4v) is 4.11. The van der Waals surface area contributed by atoms with Crippen molar-refractivity contribution in [3.05, 3.63) is 123 Å². The summed E-state index contributed by atoms with van der Waals surface area (Å²) in [5.74, 6) is -1.39. The van der Waals surface area contributed by atoms with E-state index < -0.39 is 28.6 Å². The zero-order chi connectivity index (χ0) is 33.9. The van der Waals surface area contributed by atoms with E-state index in [9.17, 15) is 29.3 Å². The molecule has 0 fully saturated rings. The molecule has 0 radical (unpaired) electrons. The van der Waals surface area contributed by atoms with E-state index >= 15 is 0 Å². The summed E-state index contributed by atoms with van der Waals surface area (Å²) in [6, 6.07) is 20.3. The van der Waals surface area contributed by atoms with Crippen LogP contribution in [0.15, 0.2) is 91.0 Å². The van der Waals surface area contributed by atoms with Crippen LogP contribution in [0, 0.1) is 10.1 Å². The van der Waals surface area contributed by atoms with Crippen LogP contribution < -0.4 is 35.1 Å². The smallest absolute Gasteiger partial charge is 0.343 e. The second-order valence-corrected chi connectivity index (χ2v) is 9.45. The number of hydrogen-bond donors (Lipinski definition) is 3. The van der Waals surface area contributed by atoms with Crippen molar-refractivity contribution in [2.24, 2.45) is 0 Å². The SMILES string of the molecule is COc1cc(C(=O)Nc2ccc(C(=O)NNC(=O)/C=C/c3ccccc3OC(=O)c3ccc([N+](=O)[O-])cc3)cc2)cc(OC)c1OC. The maximum atomic E-state index is 12.8. The van der Waals surface area contributed by atoms with Crippen molar-refractivity contribution in [3.8, 4) is 23.0 Å². The highest BCUT2D eigenvalue weighted by molar-refractivity contribution is 6.05. The van der Waals surface area contributed by atoms with Gasteiger partial charge in [-0.1, -0.05) is 18.2 Å². The highest BCUT2D eigenvalue weighted by Gasteiger charge is 2.18. The Morgan fingerprint density at radius 3 is 1.91 bits per heavy atom. The van der Waals surface area contributed by atoms with Gasteiger partial charge in [-0.3, -0.25) is 35.3 Å². The Labute approximate surface area is 268 Å². The maximum absolute atomic E-state index is 12.8. The van der Waals surface area contributed by atoms with Crippen molar-refractivity contribution < 1.29 is 43.0 Å². The molecule has 0 unspecified atom stereocenters. The van der Waals surface area contributed by atoms with Gasteiger partial charge in [0.25, 0.3) is 23.4 Å². The van der Waals surface area contributed by atoms with Crippen LogP contribution in [0.25, 0.3) is 6.08 Å². The van der Waals surface area contributed by atoms with Gasteiger partial charge in [0.05, 0.1) is 31.8 Å². The Hall–Kier alpha value is -6.70. The monoisotopic (exact) mass is 640 g/mol. The van der Waals surface area contributed by atoms with Crippen LogP contribution in [0.5, 0.6) is 23.0 Å². The second-order valence-electron chi connectivity index (χ2n) is 9.45. The van der Waals surface area contributed by atoms with Crippen molar-refractivity contribution in [2.45, 2.75) is 0 Å². The van der Waals surface area contributed by atoms with Crippen molar-refractivity contribution >= 4 is 41.1 Å². The molecule has 14 nitrogen and oxygen atoms in total. The topological polar surface area (TPSA) is 184 Å². The minimum atomic E-state index is -0.746. The summed E-state index contributed by atoms with van der Waals surface area (Å²) in [4.78, 5) is 60.6. The van der Waals surface area contributed by atoms with E-state index in [0.29, 0.717) is 28.5 Å². The first kappa shape index (κ1) is 33.2. The summed E-state index contributed by atoms with van der Waals surface area (Å²) in [5.41, 5.74) is 5.71. The lowest BCUT2D eigenvalue weighted by Gasteiger charge is -2.14. The van der Waals surface area contributed by atoms with Gasteiger partial charge in [-0.05, 0) is 60.7 Å². The Morgan fingerprint density at radius 2 is 1.32 bits per heavy atom. The molecule has 47 heavy (non-hydrogen) atoms. The van der Waals surface area contributed by atoms with Crippen LogP contribution in [0.2, 0.25) is 0 Å². The van der Waals surface area contributed by atoms with E-state index in [0.717, 1.165) is 6.08 Å². The number of nitro benzene ring substituents is 1. The number of nitrogens with zero attached hydrogens (tertiary/aromatic N) is 1. The maximum Gasteiger partial charge on any atom is 0.343 e. The molecule has 0 aromatic heterocycles. The summed E-state index contributed by atoms with van der Waals surface area (Å²) in [5, 5.41) is 13.6. The zero-order valence-corrected chi connectivity index (χ0v) is 25.3. The zero-order valence-electron chi connectivity index (χ0n) is 25.3. The summed E-state index contributed by atoms with van der Waals surface area (Å²) in [7, 11) is 4.33. The molecule has 4 aromatic rings. The highest BCUT2D eigenvalue weighted by atomic mass is 16.6. The second kappa shape index (κ2) is 15.3. The number of hydrazine groups is 1. The lowest BCUT2D eigenvalue weighted by molar-refractivity contribution is -0.384. The van der Waals surface area contributed by atoms with Gasteiger partial charge in [0, 0.05) is 40.6 Å². The van der Waals surface area contributed by atoms with Crippen LogP contribution in [0.3, 0.4) is 0 Å². The lowest BCUT2D eigenvalue weighted by Crippen LogP contribution is -2.40. The first-order valence-electron chi connectivity index (χ1n) is 13.7. The fraction of sp³-hybridized carbons (Fsp3) is 0.0909. The molecular weight excluding hydrogens is 612 g/mol. The number of non-ortho nitro benzene ring substituents is 1. The molecule has 14 heteroatoms. The Balaban J connectivity index is 1.32. The molecule has 0 aliphatic carbocycles. The summed E-state index contributed by atoms with van der Waals surface area (Å²) in [6.45, 7) is 0. The van der Waals surface area contributed by atoms with Gasteiger partial charge in [0.15, 0.2) is 11.5 Å². The predicted molar refractivity (Wildman–Crippen MR) is 170 cm³/mol. The van der Waals surface area contributed by atoms with Crippen LogP contribution in [0.4, 0.5) is 11.4 Å². The molecule has 0 aliphatic heterocycles. The van der Waals surface area contributed by atoms with E-state index in [1.54, 1.807) is 18.2 Å². The number of carbonyl (C=O) groups excluding carboxylic acids is 4. The van der Waals surface area contributed by atoms with E-state index in [-0.39, 0.29) is 28.1 Å². The first-order valence-corrected chi connectivity index (χ1v) is 13.7. The summed E-state index contributed by atoms with van der Waals surface area (Å²) >= 11 is 0. The third-order valence-electron chi connectivity index (χ3n) is 6.48. The molecule has 0 heterocycles. The number of benzene rings is 4. The molecule has 4 aromatic carbocycles. The van der Waals surface area contributed by atoms with Gasteiger partial charge in [-0.25, -0.2) is 4.79 Å². The number of methoxy groups -OCH3 is 3. The Bertz CT molecular complexity index is 1810. The van der Waals surface area contributed by atoms with Crippen molar-refractivity contribution in [2.75, 3.05) is 26.6 Å². The quantitative estimate of drug-likeness (QED) is 0.0690. The highest BCUT2D eigenvalue weighted by Crippen LogP contribution is 2.38. The number of para-hydroxylation sites is 1. The minimum absolute atomic E-state index is 0.101. The van der Waals surface area contributed by atoms with E-state index in [1.807, 2.05) is 0 Å². The molecule has 4 rings (SSSR count). The third-order valence-corrected chi connectivity index (χ3v) is 6.48. The molecule has 240 valence electrons. The number of carbonyl (C=O) groups is 4. The normalized spacial score (nSPS) is 10.4. The van der Waals surface area contributed by atoms with Crippen LogP contribution >= 0.6 is 0 Å².